The van der Waals surface area contributed by atoms with E-state index in [4.69, 9.17) is 11.6 Å². The van der Waals surface area contributed by atoms with Crippen LogP contribution in [0.2, 0.25) is 5.02 Å². The van der Waals surface area contributed by atoms with E-state index in [1.807, 2.05) is 0 Å². The molecule has 1 N–H and O–H groups in total. The lowest BCUT2D eigenvalue weighted by molar-refractivity contribution is -0.147. The second-order valence-electron chi connectivity index (χ2n) is 6.08. The fourth-order valence-electron chi connectivity index (χ4n) is 2.59. The highest BCUT2D eigenvalue weighted by atomic mass is 35.5. The van der Waals surface area contributed by atoms with Gasteiger partial charge >= 0.3 is 5.97 Å². The van der Waals surface area contributed by atoms with Gasteiger partial charge in [-0.15, -0.1) is 10.2 Å². The summed E-state index contributed by atoms with van der Waals surface area (Å²) < 4.78 is 0. The molecule has 1 fully saturated rings. The molecule has 0 bridgehead atoms. The maximum atomic E-state index is 12.3. The maximum Gasteiger partial charge on any atom is 0.311 e. The van der Waals surface area contributed by atoms with Crippen molar-refractivity contribution in [1.82, 2.24) is 25.1 Å². The molecule has 1 aliphatic rings. The summed E-state index contributed by atoms with van der Waals surface area (Å²) in [6.07, 6.45) is 0.439. The minimum atomic E-state index is -0.889. The lowest BCUT2D eigenvalue weighted by Crippen LogP contribution is -2.36. The van der Waals surface area contributed by atoms with Gasteiger partial charge in [0.15, 0.2) is 0 Å². The third-order valence-electron chi connectivity index (χ3n) is 4.17. The summed E-state index contributed by atoms with van der Waals surface area (Å²) in [4.78, 5) is 26.3. The summed E-state index contributed by atoms with van der Waals surface area (Å²) in [5, 5.41) is 21.8. The Kier molecular flexibility index (Phi) is 4.23. The summed E-state index contributed by atoms with van der Waals surface area (Å²) in [5.74, 6) is -0.710. The number of carbonyl (C=O) groups excluding carboxylic acids is 1. The summed E-state index contributed by atoms with van der Waals surface area (Å²) in [7, 11) is 0. The fraction of sp³-hybridized carbons (Fsp3) is 0.400. The molecule has 1 amide bonds. The first-order chi connectivity index (χ1) is 11.4. The highest BCUT2D eigenvalue weighted by molar-refractivity contribution is 6.30. The maximum absolute atomic E-state index is 12.3. The number of carbonyl (C=O) groups is 2. The van der Waals surface area contributed by atoms with Crippen molar-refractivity contribution < 1.29 is 14.7 Å². The van der Waals surface area contributed by atoms with Gasteiger partial charge < -0.3 is 10.0 Å². The first-order valence-electron chi connectivity index (χ1n) is 7.42. The van der Waals surface area contributed by atoms with Crippen LogP contribution in [0.1, 0.15) is 13.3 Å². The zero-order valence-electron chi connectivity index (χ0n) is 13.0. The molecule has 1 aromatic heterocycles. The largest absolute Gasteiger partial charge is 0.481 e. The molecule has 0 aliphatic carbocycles. The summed E-state index contributed by atoms with van der Waals surface area (Å²) in [6.45, 7) is 2.19. The lowest BCUT2D eigenvalue weighted by Gasteiger charge is -2.19. The van der Waals surface area contributed by atoms with Gasteiger partial charge in [-0.1, -0.05) is 11.6 Å². The molecule has 2 heterocycles. The number of tetrazole rings is 1. The van der Waals surface area contributed by atoms with Crippen molar-refractivity contribution in [2.24, 2.45) is 5.41 Å². The highest BCUT2D eigenvalue weighted by Crippen LogP contribution is 2.30. The van der Waals surface area contributed by atoms with Crippen LogP contribution in [0, 0.1) is 5.41 Å². The topological polar surface area (TPSA) is 101 Å². The Morgan fingerprint density at radius 2 is 2.04 bits per heavy atom. The van der Waals surface area contributed by atoms with Crippen molar-refractivity contribution in [2.75, 3.05) is 13.1 Å². The minimum absolute atomic E-state index is 0.0731. The van der Waals surface area contributed by atoms with Crippen molar-refractivity contribution in [3.8, 4) is 11.4 Å². The van der Waals surface area contributed by atoms with Crippen LogP contribution in [0.4, 0.5) is 0 Å². The van der Waals surface area contributed by atoms with Crippen molar-refractivity contribution in [1.29, 1.82) is 0 Å². The number of likely N-dealkylation sites (tertiary alicyclic amines) is 1. The molecular weight excluding hydrogens is 334 g/mol. The van der Waals surface area contributed by atoms with Crippen LogP contribution in [-0.2, 0) is 16.1 Å². The number of aliphatic carboxylic acids is 1. The van der Waals surface area contributed by atoms with E-state index in [1.165, 1.54) is 9.70 Å². The Balaban J connectivity index is 1.66. The number of hydrogen-bond acceptors (Lipinski definition) is 5. The van der Waals surface area contributed by atoms with Gasteiger partial charge in [0.1, 0.15) is 6.54 Å². The van der Waals surface area contributed by atoms with Crippen molar-refractivity contribution in [3.63, 3.8) is 0 Å². The zero-order chi connectivity index (χ0) is 17.3. The van der Waals surface area contributed by atoms with Gasteiger partial charge in [-0.3, -0.25) is 9.59 Å². The molecule has 1 aliphatic heterocycles. The quantitative estimate of drug-likeness (QED) is 0.893. The summed E-state index contributed by atoms with van der Waals surface area (Å²) in [5.41, 5.74) is -0.141. The van der Waals surface area contributed by atoms with Gasteiger partial charge in [0.05, 0.1) is 5.41 Å². The van der Waals surface area contributed by atoms with Crippen molar-refractivity contribution in [2.45, 2.75) is 19.9 Å². The number of hydrogen-bond donors (Lipinski definition) is 1. The number of carboxylic acid groups (broad SMARTS) is 1. The monoisotopic (exact) mass is 349 g/mol. The van der Waals surface area contributed by atoms with E-state index in [9.17, 15) is 14.7 Å². The number of halogens is 1. The average molecular weight is 350 g/mol. The molecule has 24 heavy (non-hydrogen) atoms. The molecule has 0 unspecified atom stereocenters. The van der Waals surface area contributed by atoms with Crippen LogP contribution in [0.25, 0.3) is 11.4 Å². The molecule has 3 rings (SSSR count). The molecule has 9 heteroatoms. The molecule has 1 aromatic carbocycles. The zero-order valence-corrected chi connectivity index (χ0v) is 13.8. The van der Waals surface area contributed by atoms with Crippen LogP contribution in [0.5, 0.6) is 0 Å². The lowest BCUT2D eigenvalue weighted by atomic mass is 9.90. The standard InChI is InChI=1S/C15H16ClN5O3/c1-15(14(23)24)6-7-20(9-15)12(22)8-21-18-13(17-19-21)10-2-4-11(16)5-3-10/h2-5H,6-9H2,1H3,(H,23,24)/t15-/m1/s1. The van der Waals surface area contributed by atoms with Crippen LogP contribution in [-0.4, -0.2) is 55.2 Å². The van der Waals surface area contributed by atoms with E-state index in [0.29, 0.717) is 23.8 Å². The number of amides is 1. The second-order valence-corrected chi connectivity index (χ2v) is 6.52. The Hall–Kier alpha value is -2.48. The van der Waals surface area contributed by atoms with Gasteiger partial charge in [0, 0.05) is 23.7 Å². The molecule has 0 spiro atoms. The van der Waals surface area contributed by atoms with E-state index in [0.717, 1.165) is 5.56 Å². The normalized spacial score (nSPS) is 20.3. The van der Waals surface area contributed by atoms with Gasteiger partial charge in [-0.2, -0.15) is 4.80 Å². The van der Waals surface area contributed by atoms with Gasteiger partial charge in [-0.05, 0) is 42.8 Å². The second kappa shape index (κ2) is 6.20. The van der Waals surface area contributed by atoms with Crippen molar-refractivity contribution >= 4 is 23.5 Å². The Bertz CT molecular complexity index is 776. The summed E-state index contributed by atoms with van der Waals surface area (Å²) >= 11 is 5.84. The summed E-state index contributed by atoms with van der Waals surface area (Å²) in [6, 6.07) is 6.98. The smallest absolute Gasteiger partial charge is 0.311 e. The fourth-order valence-corrected chi connectivity index (χ4v) is 2.72. The molecule has 1 saturated heterocycles. The Morgan fingerprint density at radius 3 is 2.67 bits per heavy atom. The van der Waals surface area contributed by atoms with Crippen LogP contribution >= 0.6 is 11.6 Å². The number of aromatic nitrogens is 4. The van der Waals surface area contributed by atoms with E-state index in [2.05, 4.69) is 15.4 Å². The van der Waals surface area contributed by atoms with Crippen LogP contribution in [0.15, 0.2) is 24.3 Å². The molecule has 8 nitrogen and oxygen atoms in total. The predicted octanol–water partition coefficient (Wildman–Crippen LogP) is 1.32. The highest BCUT2D eigenvalue weighted by Gasteiger charge is 2.42. The number of nitrogens with zero attached hydrogens (tertiary/aromatic N) is 5. The van der Waals surface area contributed by atoms with Gasteiger partial charge in [-0.25, -0.2) is 0 Å². The SMILES string of the molecule is C[C@@]1(C(=O)O)CCN(C(=O)Cn2nnc(-c3ccc(Cl)cc3)n2)C1. The third kappa shape index (κ3) is 3.23. The van der Waals surface area contributed by atoms with Crippen LogP contribution in [0.3, 0.4) is 0 Å². The molecule has 0 radical (unpaired) electrons. The number of benzene rings is 1. The van der Waals surface area contributed by atoms with Gasteiger partial charge in [0.2, 0.25) is 11.7 Å². The van der Waals surface area contributed by atoms with Crippen molar-refractivity contribution in [3.05, 3.63) is 29.3 Å². The molecule has 1 atom stereocenters. The predicted molar refractivity (Wildman–Crippen MR) is 85.2 cm³/mol. The minimum Gasteiger partial charge on any atom is -0.481 e. The van der Waals surface area contributed by atoms with E-state index in [1.54, 1.807) is 31.2 Å². The molecule has 0 saturated carbocycles. The molecule has 2 aromatic rings. The molecular formula is C15H16ClN5O3. The number of rotatable bonds is 4. The van der Waals surface area contributed by atoms with Crippen LogP contribution < -0.4 is 0 Å². The van der Waals surface area contributed by atoms with E-state index >= 15 is 0 Å². The Morgan fingerprint density at radius 1 is 1.33 bits per heavy atom. The number of carboxylic acids is 1. The van der Waals surface area contributed by atoms with Gasteiger partial charge in [0.25, 0.3) is 0 Å². The Labute approximate surface area is 143 Å². The first-order valence-corrected chi connectivity index (χ1v) is 7.80. The third-order valence-corrected chi connectivity index (χ3v) is 4.43. The average Bonchev–Trinajstić information content (AvgIpc) is 3.16. The first kappa shape index (κ1) is 16.4. The van der Waals surface area contributed by atoms with E-state index < -0.39 is 11.4 Å². The van der Waals surface area contributed by atoms with E-state index in [-0.39, 0.29) is 19.0 Å². The molecule has 126 valence electrons.